The van der Waals surface area contributed by atoms with E-state index in [9.17, 15) is 9.59 Å². The van der Waals surface area contributed by atoms with E-state index in [-0.39, 0.29) is 23.9 Å². The third kappa shape index (κ3) is 2.06. The maximum absolute atomic E-state index is 10.7. The minimum Gasteiger partial charge on any atom is -0.464 e. The summed E-state index contributed by atoms with van der Waals surface area (Å²) in [5.74, 6) is -0.420. The van der Waals surface area contributed by atoms with Crippen LogP contribution in [0.4, 0.5) is 0 Å². The molecule has 1 rings (SSSR count). The number of carbonyl (C=O) groups is 2. The van der Waals surface area contributed by atoms with Gasteiger partial charge in [0.25, 0.3) is 0 Å². The van der Waals surface area contributed by atoms with Gasteiger partial charge in [0.15, 0.2) is 12.1 Å². The maximum atomic E-state index is 10.7. The number of ether oxygens (including phenoxy) is 1. The first-order valence-electron chi connectivity index (χ1n) is 2.86. The number of aromatic nitrogens is 2. The van der Waals surface area contributed by atoms with Crippen molar-refractivity contribution in [1.29, 1.82) is 0 Å². The van der Waals surface area contributed by atoms with E-state index < -0.39 is 5.97 Å². The zero-order valence-electron chi connectivity index (χ0n) is 6.23. The van der Waals surface area contributed by atoms with Crippen LogP contribution in [-0.4, -0.2) is 29.3 Å². The van der Waals surface area contributed by atoms with Crippen LogP contribution in [0.5, 0.6) is 0 Å². The summed E-state index contributed by atoms with van der Waals surface area (Å²) in [6, 6.07) is 0. The van der Waals surface area contributed by atoms with E-state index in [0.717, 1.165) is 0 Å². The molecule has 0 aliphatic rings. The van der Waals surface area contributed by atoms with Gasteiger partial charge in [-0.15, -0.1) is 12.4 Å². The molecular weight excluding hydrogens is 184 g/mol. The molecule has 6 heteroatoms. The summed E-state index contributed by atoms with van der Waals surface area (Å²) in [5.41, 5.74) is 0.176. The first-order chi connectivity index (χ1) is 5.27. The van der Waals surface area contributed by atoms with Crippen LogP contribution in [0.3, 0.4) is 0 Å². The van der Waals surface area contributed by atoms with E-state index >= 15 is 0 Å². The molecule has 0 saturated carbocycles. The largest absolute Gasteiger partial charge is 0.464 e. The second-order valence-corrected chi connectivity index (χ2v) is 1.79. The van der Waals surface area contributed by atoms with Gasteiger partial charge in [0.05, 0.1) is 13.3 Å². The molecule has 0 radical (unpaired) electrons. The van der Waals surface area contributed by atoms with Gasteiger partial charge in [-0.1, -0.05) is 0 Å². The Kier molecular flexibility index (Phi) is 3.99. The van der Waals surface area contributed by atoms with E-state index in [2.05, 4.69) is 14.7 Å². The van der Waals surface area contributed by atoms with E-state index in [0.29, 0.717) is 6.29 Å². The van der Waals surface area contributed by atoms with Crippen molar-refractivity contribution in [2.45, 2.75) is 0 Å². The summed E-state index contributed by atoms with van der Waals surface area (Å²) < 4.78 is 4.37. The second-order valence-electron chi connectivity index (χ2n) is 1.79. The summed E-state index contributed by atoms with van der Waals surface area (Å²) in [7, 11) is 1.25. The number of carbonyl (C=O) groups excluding carboxylic acids is 2. The van der Waals surface area contributed by atoms with Crippen LogP contribution < -0.4 is 0 Å². The van der Waals surface area contributed by atoms with Crippen molar-refractivity contribution < 1.29 is 14.3 Å². The van der Waals surface area contributed by atoms with Gasteiger partial charge in [-0.25, -0.2) is 9.78 Å². The number of rotatable bonds is 2. The van der Waals surface area contributed by atoms with Crippen molar-refractivity contribution in [2.75, 3.05) is 7.11 Å². The van der Waals surface area contributed by atoms with Crippen molar-refractivity contribution >= 4 is 24.7 Å². The Morgan fingerprint density at radius 3 is 2.83 bits per heavy atom. The number of imidazole rings is 1. The van der Waals surface area contributed by atoms with Crippen LogP contribution in [0.15, 0.2) is 6.20 Å². The molecule has 0 spiro atoms. The van der Waals surface area contributed by atoms with Gasteiger partial charge in [-0.2, -0.15) is 0 Å². The van der Waals surface area contributed by atoms with E-state index in [4.69, 9.17) is 0 Å². The van der Waals surface area contributed by atoms with Gasteiger partial charge < -0.3 is 9.72 Å². The summed E-state index contributed by atoms with van der Waals surface area (Å²) in [6.07, 6.45) is 1.77. The van der Waals surface area contributed by atoms with E-state index in [1.165, 1.54) is 13.3 Å². The number of nitrogens with one attached hydrogen (secondary N) is 1. The van der Waals surface area contributed by atoms with Crippen molar-refractivity contribution in [3.63, 3.8) is 0 Å². The zero-order valence-corrected chi connectivity index (χ0v) is 7.05. The molecule has 0 aliphatic carbocycles. The molecule has 5 nitrogen and oxygen atoms in total. The number of hydrogen-bond acceptors (Lipinski definition) is 4. The summed E-state index contributed by atoms with van der Waals surface area (Å²) in [5, 5.41) is 0. The van der Waals surface area contributed by atoms with Crippen molar-refractivity contribution in [1.82, 2.24) is 9.97 Å². The monoisotopic (exact) mass is 190 g/mol. The minimum atomic E-state index is -0.536. The van der Waals surface area contributed by atoms with Crippen LogP contribution >= 0.6 is 12.4 Å². The Bertz CT molecular complexity index is 284. The van der Waals surface area contributed by atoms with Crippen LogP contribution in [0.25, 0.3) is 0 Å². The number of methoxy groups -OCH3 is 1. The quantitative estimate of drug-likeness (QED) is 0.542. The predicted molar refractivity (Wildman–Crippen MR) is 42.6 cm³/mol. The van der Waals surface area contributed by atoms with Gasteiger partial charge in [0.1, 0.15) is 5.69 Å². The van der Waals surface area contributed by atoms with Crippen molar-refractivity contribution in [2.24, 2.45) is 0 Å². The molecule has 0 unspecified atom stereocenters. The standard InChI is InChI=1S/C6H6N2O3.ClH/c1-11-6(10)4-2-7-5(3-9)8-4;/h2-3H,1H3,(H,7,8);1H. The average Bonchev–Trinajstić information content (AvgIpc) is 2.50. The third-order valence-electron chi connectivity index (χ3n) is 1.11. The lowest BCUT2D eigenvalue weighted by molar-refractivity contribution is 0.0594. The SMILES string of the molecule is COC(=O)c1cnc(C=O)[nH]1.Cl. The van der Waals surface area contributed by atoms with Crippen LogP contribution in [0, 0.1) is 0 Å². The summed E-state index contributed by atoms with van der Waals surface area (Å²) in [4.78, 5) is 26.9. The fourth-order valence-corrected chi connectivity index (χ4v) is 0.610. The molecule has 0 aromatic carbocycles. The number of aromatic amines is 1. The molecule has 66 valence electrons. The van der Waals surface area contributed by atoms with E-state index in [1.807, 2.05) is 0 Å². The van der Waals surface area contributed by atoms with Crippen molar-refractivity contribution in [3.8, 4) is 0 Å². The molecule has 0 fully saturated rings. The molecule has 0 atom stereocenters. The van der Waals surface area contributed by atoms with Gasteiger partial charge in [0.2, 0.25) is 0 Å². The van der Waals surface area contributed by atoms with Crippen LogP contribution in [-0.2, 0) is 4.74 Å². The zero-order chi connectivity index (χ0) is 8.27. The molecule has 1 heterocycles. The fourth-order valence-electron chi connectivity index (χ4n) is 0.610. The average molecular weight is 191 g/mol. The normalized spacial score (nSPS) is 8.42. The first-order valence-corrected chi connectivity index (χ1v) is 2.86. The molecule has 0 saturated heterocycles. The highest BCUT2D eigenvalue weighted by atomic mass is 35.5. The second kappa shape index (κ2) is 4.50. The molecule has 1 N–H and O–H groups in total. The maximum Gasteiger partial charge on any atom is 0.356 e. The lowest BCUT2D eigenvalue weighted by Gasteiger charge is -1.90. The number of H-pyrrole nitrogens is 1. The molecule has 0 aliphatic heterocycles. The highest BCUT2D eigenvalue weighted by molar-refractivity contribution is 5.87. The molecular formula is C6H7ClN2O3. The molecule has 0 bridgehead atoms. The van der Waals surface area contributed by atoms with Gasteiger partial charge in [-0.3, -0.25) is 4.79 Å². The smallest absolute Gasteiger partial charge is 0.356 e. The lowest BCUT2D eigenvalue weighted by atomic mass is 10.5. The molecule has 0 amide bonds. The fraction of sp³-hybridized carbons (Fsp3) is 0.167. The predicted octanol–water partition coefficient (Wildman–Crippen LogP) is 0.431. The van der Waals surface area contributed by atoms with Crippen molar-refractivity contribution in [3.05, 3.63) is 17.7 Å². The van der Waals surface area contributed by atoms with Gasteiger partial charge in [0, 0.05) is 0 Å². The first kappa shape index (κ1) is 10.6. The number of esters is 1. The number of hydrogen-bond donors (Lipinski definition) is 1. The Balaban J connectivity index is 0.00000121. The Labute approximate surface area is 74.5 Å². The topological polar surface area (TPSA) is 72.0 Å². The molecule has 1 aromatic rings. The van der Waals surface area contributed by atoms with E-state index in [1.54, 1.807) is 0 Å². The summed E-state index contributed by atoms with van der Waals surface area (Å²) in [6.45, 7) is 0. The minimum absolute atomic E-state index is 0. The Hall–Kier alpha value is -1.36. The third-order valence-corrected chi connectivity index (χ3v) is 1.11. The van der Waals surface area contributed by atoms with Gasteiger partial charge >= 0.3 is 5.97 Å². The highest BCUT2D eigenvalue weighted by Crippen LogP contribution is 1.95. The highest BCUT2D eigenvalue weighted by Gasteiger charge is 2.07. The Morgan fingerprint density at radius 1 is 1.75 bits per heavy atom. The van der Waals surface area contributed by atoms with Gasteiger partial charge in [-0.05, 0) is 0 Å². The molecule has 1 aromatic heterocycles. The van der Waals surface area contributed by atoms with Crippen LogP contribution in [0.2, 0.25) is 0 Å². The van der Waals surface area contributed by atoms with Crippen LogP contribution in [0.1, 0.15) is 21.1 Å². The Morgan fingerprint density at radius 2 is 2.42 bits per heavy atom. The number of aldehydes is 1. The lowest BCUT2D eigenvalue weighted by Crippen LogP contribution is -2.01. The summed E-state index contributed by atoms with van der Waals surface area (Å²) >= 11 is 0. The molecule has 12 heavy (non-hydrogen) atoms. The number of nitrogens with zero attached hydrogens (tertiary/aromatic N) is 1. The number of halogens is 1.